The van der Waals surface area contributed by atoms with Gasteiger partial charge in [0.15, 0.2) is 0 Å². The molecule has 0 radical (unpaired) electrons. The Morgan fingerprint density at radius 3 is 1.50 bits per heavy atom. The SMILES string of the molecule is Brc1ccc2c(-c3ccc4ccccc4c3)c3ccccc3c(-c3ccc4ccccc4c3)c2c1Br. The Balaban J connectivity index is 1.66. The minimum Gasteiger partial charge on any atom is -0.0616 e. The average molecular weight is 588 g/mol. The number of halogens is 2. The van der Waals surface area contributed by atoms with E-state index in [1.807, 2.05) is 0 Å². The Hall–Kier alpha value is -3.46. The fraction of sp³-hybridized carbons (Fsp3) is 0. The zero-order valence-corrected chi connectivity index (χ0v) is 22.5. The molecule has 36 heavy (non-hydrogen) atoms. The van der Waals surface area contributed by atoms with E-state index >= 15 is 0 Å². The van der Waals surface area contributed by atoms with Crippen LogP contribution in [0.25, 0.3) is 65.3 Å². The molecule has 7 rings (SSSR count). The summed E-state index contributed by atoms with van der Waals surface area (Å²) in [7, 11) is 0. The lowest BCUT2D eigenvalue weighted by atomic mass is 9.85. The normalized spacial score (nSPS) is 11.6. The highest BCUT2D eigenvalue weighted by molar-refractivity contribution is 9.13. The quantitative estimate of drug-likeness (QED) is 0.176. The molecular formula is C34H20Br2. The number of hydrogen-bond acceptors (Lipinski definition) is 0. The van der Waals surface area contributed by atoms with Crippen LogP contribution >= 0.6 is 31.9 Å². The van der Waals surface area contributed by atoms with Crippen LogP contribution in [-0.4, -0.2) is 0 Å². The van der Waals surface area contributed by atoms with Gasteiger partial charge in [0.2, 0.25) is 0 Å². The molecule has 0 amide bonds. The van der Waals surface area contributed by atoms with E-state index in [0.29, 0.717) is 0 Å². The zero-order chi connectivity index (χ0) is 24.2. The third-order valence-electron chi connectivity index (χ3n) is 7.16. The molecule has 0 spiro atoms. The van der Waals surface area contributed by atoms with Crippen molar-refractivity contribution in [3.63, 3.8) is 0 Å². The lowest BCUT2D eigenvalue weighted by molar-refractivity contribution is 1.64. The lowest BCUT2D eigenvalue weighted by Gasteiger charge is -2.20. The van der Waals surface area contributed by atoms with E-state index in [1.54, 1.807) is 0 Å². The summed E-state index contributed by atoms with van der Waals surface area (Å²) in [6.07, 6.45) is 0. The molecule has 0 saturated carbocycles. The Labute approximate surface area is 226 Å². The molecule has 0 bridgehead atoms. The van der Waals surface area contributed by atoms with E-state index in [1.165, 1.54) is 65.3 Å². The van der Waals surface area contributed by atoms with Gasteiger partial charge >= 0.3 is 0 Å². The summed E-state index contributed by atoms with van der Waals surface area (Å²) < 4.78 is 2.13. The van der Waals surface area contributed by atoms with E-state index < -0.39 is 0 Å². The second kappa shape index (κ2) is 8.58. The average Bonchev–Trinajstić information content (AvgIpc) is 2.93. The number of fused-ring (bicyclic) bond motifs is 4. The van der Waals surface area contributed by atoms with Crippen molar-refractivity contribution in [1.29, 1.82) is 0 Å². The maximum Gasteiger partial charge on any atom is 0.0402 e. The second-order valence-corrected chi connectivity index (χ2v) is 10.9. The van der Waals surface area contributed by atoms with Gasteiger partial charge in [-0.2, -0.15) is 0 Å². The van der Waals surface area contributed by atoms with Crippen molar-refractivity contribution in [3.8, 4) is 22.3 Å². The molecule has 0 atom stereocenters. The fourth-order valence-electron chi connectivity index (χ4n) is 5.50. The molecule has 0 aliphatic heterocycles. The van der Waals surface area contributed by atoms with Crippen LogP contribution in [-0.2, 0) is 0 Å². The summed E-state index contributed by atoms with van der Waals surface area (Å²) in [5.41, 5.74) is 4.97. The Bertz CT molecular complexity index is 1970. The minimum atomic E-state index is 1.05. The molecule has 0 fully saturated rings. The summed E-state index contributed by atoms with van der Waals surface area (Å²) in [4.78, 5) is 0. The Kier molecular flexibility index (Phi) is 5.20. The molecular weight excluding hydrogens is 568 g/mol. The van der Waals surface area contributed by atoms with E-state index in [-0.39, 0.29) is 0 Å². The van der Waals surface area contributed by atoms with Gasteiger partial charge in [0.05, 0.1) is 0 Å². The van der Waals surface area contributed by atoms with Crippen molar-refractivity contribution in [2.24, 2.45) is 0 Å². The van der Waals surface area contributed by atoms with Gasteiger partial charge in [0.25, 0.3) is 0 Å². The van der Waals surface area contributed by atoms with Crippen molar-refractivity contribution in [2.45, 2.75) is 0 Å². The predicted octanol–water partition coefficient (Wildman–Crippen LogP) is 11.2. The Morgan fingerprint density at radius 2 is 0.889 bits per heavy atom. The van der Waals surface area contributed by atoms with E-state index in [9.17, 15) is 0 Å². The maximum atomic E-state index is 3.96. The maximum absolute atomic E-state index is 3.96. The van der Waals surface area contributed by atoms with Crippen LogP contribution in [0.1, 0.15) is 0 Å². The second-order valence-electron chi connectivity index (χ2n) is 9.20. The lowest BCUT2D eigenvalue weighted by Crippen LogP contribution is -1.92. The van der Waals surface area contributed by atoms with Gasteiger partial charge in [-0.3, -0.25) is 0 Å². The molecule has 0 unspecified atom stereocenters. The third kappa shape index (κ3) is 3.40. The van der Waals surface area contributed by atoms with E-state index in [2.05, 4.69) is 153 Å². The monoisotopic (exact) mass is 586 g/mol. The van der Waals surface area contributed by atoms with Gasteiger partial charge in [-0.25, -0.2) is 0 Å². The molecule has 0 nitrogen and oxygen atoms in total. The highest BCUT2D eigenvalue weighted by atomic mass is 79.9. The van der Waals surface area contributed by atoms with Crippen LogP contribution in [0, 0.1) is 0 Å². The van der Waals surface area contributed by atoms with E-state index in [4.69, 9.17) is 0 Å². The highest BCUT2D eigenvalue weighted by Crippen LogP contribution is 2.48. The molecule has 0 heterocycles. The summed E-state index contributed by atoms with van der Waals surface area (Å²) in [6, 6.07) is 44.0. The topological polar surface area (TPSA) is 0 Å². The summed E-state index contributed by atoms with van der Waals surface area (Å²) in [6.45, 7) is 0. The molecule has 0 aromatic heterocycles. The molecule has 2 heteroatoms. The van der Waals surface area contributed by atoms with Gasteiger partial charge in [-0.15, -0.1) is 0 Å². The van der Waals surface area contributed by atoms with E-state index in [0.717, 1.165) is 8.95 Å². The van der Waals surface area contributed by atoms with Crippen LogP contribution in [0.2, 0.25) is 0 Å². The molecule has 7 aromatic carbocycles. The van der Waals surface area contributed by atoms with Crippen LogP contribution in [0.3, 0.4) is 0 Å². The first-order chi connectivity index (χ1) is 17.7. The van der Waals surface area contributed by atoms with Gasteiger partial charge in [0.1, 0.15) is 0 Å². The van der Waals surface area contributed by atoms with Crippen molar-refractivity contribution in [1.82, 2.24) is 0 Å². The van der Waals surface area contributed by atoms with Crippen LogP contribution in [0.4, 0.5) is 0 Å². The molecule has 7 aromatic rings. The van der Waals surface area contributed by atoms with Gasteiger partial charge < -0.3 is 0 Å². The molecule has 0 aliphatic carbocycles. The zero-order valence-electron chi connectivity index (χ0n) is 19.3. The first-order valence-electron chi connectivity index (χ1n) is 12.0. The highest BCUT2D eigenvalue weighted by Gasteiger charge is 2.20. The van der Waals surface area contributed by atoms with Gasteiger partial charge in [-0.05, 0) is 110 Å². The minimum absolute atomic E-state index is 1.05. The summed E-state index contributed by atoms with van der Waals surface area (Å²) >= 11 is 7.76. The Morgan fingerprint density at radius 1 is 0.389 bits per heavy atom. The van der Waals surface area contributed by atoms with Gasteiger partial charge in [-0.1, -0.05) is 103 Å². The van der Waals surface area contributed by atoms with Gasteiger partial charge in [0, 0.05) is 14.3 Å². The predicted molar refractivity (Wildman–Crippen MR) is 163 cm³/mol. The van der Waals surface area contributed by atoms with Crippen molar-refractivity contribution in [2.75, 3.05) is 0 Å². The molecule has 0 N–H and O–H groups in total. The molecule has 0 saturated heterocycles. The van der Waals surface area contributed by atoms with Crippen LogP contribution in [0.5, 0.6) is 0 Å². The summed E-state index contributed by atoms with van der Waals surface area (Å²) in [5.74, 6) is 0. The van der Waals surface area contributed by atoms with Crippen LogP contribution < -0.4 is 0 Å². The summed E-state index contributed by atoms with van der Waals surface area (Å²) in [5, 5.41) is 9.98. The smallest absolute Gasteiger partial charge is 0.0402 e. The van der Waals surface area contributed by atoms with Crippen molar-refractivity contribution >= 4 is 74.9 Å². The first kappa shape index (κ1) is 21.8. The number of rotatable bonds is 2. The fourth-order valence-corrected chi connectivity index (χ4v) is 6.38. The largest absolute Gasteiger partial charge is 0.0616 e. The van der Waals surface area contributed by atoms with Crippen LogP contribution in [0.15, 0.2) is 130 Å². The van der Waals surface area contributed by atoms with Crippen molar-refractivity contribution in [3.05, 3.63) is 130 Å². The van der Waals surface area contributed by atoms with Crippen molar-refractivity contribution < 1.29 is 0 Å². The standard InChI is InChI=1S/C34H20Br2/c35-30-18-17-29-31(25-15-13-21-7-1-3-9-23(21)19-25)27-11-5-6-12-28(27)32(33(29)34(30)36)26-16-14-22-8-2-4-10-24(22)20-26/h1-20H. The first-order valence-corrected chi connectivity index (χ1v) is 13.6. The number of hydrogen-bond donors (Lipinski definition) is 0. The number of benzene rings is 7. The third-order valence-corrected chi connectivity index (χ3v) is 9.17. The molecule has 170 valence electrons. The molecule has 0 aliphatic rings.